The number of rotatable bonds is 14. The van der Waals surface area contributed by atoms with Gasteiger partial charge in [0.1, 0.15) is 23.7 Å². The van der Waals surface area contributed by atoms with Crippen molar-refractivity contribution < 1.29 is 33.6 Å². The molecule has 1 aliphatic rings. The molecule has 0 saturated carbocycles. The molecule has 1 aliphatic heterocycles. The van der Waals surface area contributed by atoms with Crippen LogP contribution in [0.15, 0.2) is 53.5 Å². The lowest BCUT2D eigenvalue weighted by Gasteiger charge is -2.24. The summed E-state index contributed by atoms with van der Waals surface area (Å²) in [6.45, 7) is 6.31. The van der Waals surface area contributed by atoms with Crippen LogP contribution in [0, 0.1) is 0 Å². The number of benzene rings is 2. The predicted molar refractivity (Wildman–Crippen MR) is 147 cm³/mol. The maximum absolute atomic E-state index is 13.4. The maximum atomic E-state index is 13.4. The Morgan fingerprint density at radius 1 is 1.13 bits per heavy atom. The van der Waals surface area contributed by atoms with E-state index in [-0.39, 0.29) is 26.1 Å². The number of hydrogen-bond donors (Lipinski definition) is 3. The molecule has 3 rings (SSSR count). The van der Waals surface area contributed by atoms with Crippen molar-refractivity contribution in [2.75, 3.05) is 33.5 Å². The van der Waals surface area contributed by atoms with E-state index < -0.39 is 23.0 Å². The van der Waals surface area contributed by atoms with E-state index >= 15 is 0 Å². The van der Waals surface area contributed by atoms with E-state index in [2.05, 4.69) is 15.8 Å². The van der Waals surface area contributed by atoms with Gasteiger partial charge in [-0.2, -0.15) is 0 Å². The highest BCUT2D eigenvalue weighted by atomic mass is 16.6. The number of hydrazine groups is 1. The monoisotopic (exact) mass is 541 g/mol. The smallest absolute Gasteiger partial charge is 0.306 e. The average Bonchev–Trinajstić information content (AvgIpc) is 3.35. The number of carbonyl (C=O) groups excluding carboxylic acids is 2. The fourth-order valence-electron chi connectivity index (χ4n) is 3.97. The molecule has 0 radical (unpaired) electrons. The van der Waals surface area contributed by atoms with Gasteiger partial charge < -0.3 is 24.1 Å². The third-order valence-electron chi connectivity index (χ3n) is 5.93. The van der Waals surface area contributed by atoms with Crippen LogP contribution in [0.2, 0.25) is 0 Å². The Kier molecular flexibility index (Phi) is 10.7. The zero-order chi connectivity index (χ0) is 28.3. The summed E-state index contributed by atoms with van der Waals surface area (Å²) in [6.07, 6.45) is 1.30. The van der Waals surface area contributed by atoms with Crippen LogP contribution in [0.5, 0.6) is 11.5 Å². The van der Waals surface area contributed by atoms with Crippen LogP contribution in [-0.2, 0) is 25.5 Å². The normalized spacial score (nSPS) is 16.7. The molecule has 212 valence electrons. The van der Waals surface area contributed by atoms with Crippen LogP contribution < -0.4 is 20.3 Å². The van der Waals surface area contributed by atoms with Crippen molar-refractivity contribution in [1.29, 1.82) is 0 Å². The second-order valence-corrected chi connectivity index (χ2v) is 10.2. The van der Waals surface area contributed by atoms with E-state index in [4.69, 9.17) is 24.1 Å². The molecule has 1 atom stereocenters. The highest BCUT2D eigenvalue weighted by Gasteiger charge is 2.45. The van der Waals surface area contributed by atoms with Gasteiger partial charge in [-0.1, -0.05) is 18.2 Å². The molecule has 0 fully saturated rings. The average molecular weight is 542 g/mol. The molecule has 0 aliphatic carbocycles. The van der Waals surface area contributed by atoms with Gasteiger partial charge in [-0.25, -0.2) is 10.4 Å². The zero-order valence-electron chi connectivity index (χ0n) is 23.1. The highest BCUT2D eigenvalue weighted by molar-refractivity contribution is 6.00. The van der Waals surface area contributed by atoms with Crippen molar-refractivity contribution in [3.63, 3.8) is 0 Å². The number of methoxy groups -OCH3 is 1. The molecule has 0 unspecified atom stereocenters. The number of hydrogen-bond acceptors (Lipinski definition) is 9. The topological polar surface area (TPSA) is 128 Å². The lowest BCUT2D eigenvalue weighted by molar-refractivity contribution is -0.155. The standard InChI is InChI=1S/C29H39N3O7/c1-28(2,3)39-25(34)14-16-29(27(35)32-30-17-15-21-8-5-6-9-24(21)36-4)20-38-26(31-29)22-10-12-23(13-11-22)37-19-7-18-33/h5-6,8-13,30,33H,7,14-20H2,1-4H3,(H,32,35)/t29-/m0/s1. The van der Waals surface area contributed by atoms with E-state index in [1.165, 1.54) is 0 Å². The van der Waals surface area contributed by atoms with Gasteiger partial charge in [0.25, 0.3) is 5.91 Å². The number of carbonyl (C=O) groups is 2. The van der Waals surface area contributed by atoms with E-state index in [1.54, 1.807) is 52.1 Å². The van der Waals surface area contributed by atoms with Crippen molar-refractivity contribution >= 4 is 17.8 Å². The van der Waals surface area contributed by atoms with E-state index in [0.717, 1.165) is 11.3 Å². The highest BCUT2D eigenvalue weighted by Crippen LogP contribution is 2.28. The van der Waals surface area contributed by atoms with Crippen LogP contribution in [0.3, 0.4) is 0 Å². The largest absolute Gasteiger partial charge is 0.496 e. The lowest BCUT2D eigenvalue weighted by atomic mass is 9.94. The number of nitrogens with one attached hydrogen (secondary N) is 2. The Morgan fingerprint density at radius 3 is 2.56 bits per heavy atom. The van der Waals surface area contributed by atoms with Gasteiger partial charge >= 0.3 is 5.97 Å². The second-order valence-electron chi connectivity index (χ2n) is 10.2. The molecule has 0 spiro atoms. The number of para-hydroxylation sites is 1. The molecular weight excluding hydrogens is 502 g/mol. The van der Waals surface area contributed by atoms with Crippen molar-refractivity contribution in [3.05, 3.63) is 59.7 Å². The van der Waals surface area contributed by atoms with Crippen molar-refractivity contribution in [2.24, 2.45) is 4.99 Å². The summed E-state index contributed by atoms with van der Waals surface area (Å²) in [5.41, 5.74) is 5.47. The van der Waals surface area contributed by atoms with Crippen molar-refractivity contribution in [2.45, 2.75) is 57.6 Å². The third-order valence-corrected chi connectivity index (χ3v) is 5.93. The molecule has 2 aromatic carbocycles. The molecule has 39 heavy (non-hydrogen) atoms. The van der Waals surface area contributed by atoms with E-state index in [0.29, 0.717) is 43.2 Å². The van der Waals surface area contributed by atoms with Crippen molar-refractivity contribution in [1.82, 2.24) is 10.9 Å². The minimum atomic E-state index is -1.31. The molecule has 10 nitrogen and oxygen atoms in total. The van der Waals surface area contributed by atoms with Crippen LogP contribution in [0.1, 0.15) is 51.2 Å². The van der Waals surface area contributed by atoms with Gasteiger partial charge in [-0.15, -0.1) is 0 Å². The van der Waals surface area contributed by atoms with Crippen LogP contribution in [-0.4, -0.2) is 67.5 Å². The summed E-state index contributed by atoms with van der Waals surface area (Å²) >= 11 is 0. The quantitative estimate of drug-likeness (QED) is 0.189. The van der Waals surface area contributed by atoms with Gasteiger partial charge in [0.15, 0.2) is 5.54 Å². The van der Waals surface area contributed by atoms with Crippen LogP contribution in [0.4, 0.5) is 0 Å². The summed E-state index contributed by atoms with van der Waals surface area (Å²) in [5, 5.41) is 8.92. The van der Waals surface area contributed by atoms with Gasteiger partial charge in [-0.05, 0) is 69.5 Å². The summed E-state index contributed by atoms with van der Waals surface area (Å²) in [4.78, 5) is 30.5. The summed E-state index contributed by atoms with van der Waals surface area (Å²) in [7, 11) is 1.62. The molecule has 10 heteroatoms. The first-order valence-electron chi connectivity index (χ1n) is 13.1. The van der Waals surface area contributed by atoms with E-state index in [9.17, 15) is 9.59 Å². The maximum Gasteiger partial charge on any atom is 0.306 e. The summed E-state index contributed by atoms with van der Waals surface area (Å²) in [6, 6.07) is 14.8. The van der Waals surface area contributed by atoms with Gasteiger partial charge in [0.2, 0.25) is 5.90 Å². The fraction of sp³-hybridized carbons (Fsp3) is 0.483. The number of amides is 1. The van der Waals surface area contributed by atoms with E-state index in [1.807, 2.05) is 24.3 Å². The number of aliphatic imine (C=N–C) groups is 1. The Bertz CT molecular complexity index is 1130. The Hall–Kier alpha value is -3.63. The molecule has 2 aromatic rings. The number of aliphatic hydroxyl groups is 1. The SMILES string of the molecule is COc1ccccc1CCNNC(=O)[C@]1(CCC(=O)OC(C)(C)C)COC(c2ccc(OCCCO)cc2)=N1. The first-order valence-corrected chi connectivity index (χ1v) is 13.1. The summed E-state index contributed by atoms with van der Waals surface area (Å²) in [5.74, 6) is 0.934. The number of esters is 1. The second kappa shape index (κ2) is 14.0. The summed E-state index contributed by atoms with van der Waals surface area (Å²) < 4.78 is 22.3. The molecular formula is C29H39N3O7. The molecule has 1 heterocycles. The fourth-order valence-corrected chi connectivity index (χ4v) is 3.97. The Balaban J connectivity index is 1.69. The molecule has 0 saturated heterocycles. The number of ether oxygens (including phenoxy) is 4. The van der Waals surface area contributed by atoms with Crippen LogP contribution in [0.25, 0.3) is 0 Å². The van der Waals surface area contributed by atoms with Gasteiger partial charge in [-0.3, -0.25) is 15.0 Å². The van der Waals surface area contributed by atoms with Crippen LogP contribution >= 0.6 is 0 Å². The van der Waals surface area contributed by atoms with Gasteiger partial charge in [0, 0.05) is 31.6 Å². The minimum Gasteiger partial charge on any atom is -0.496 e. The Labute approximate surface area is 229 Å². The molecule has 1 amide bonds. The van der Waals surface area contributed by atoms with Gasteiger partial charge in [0.05, 0.1) is 13.7 Å². The first-order chi connectivity index (χ1) is 18.7. The van der Waals surface area contributed by atoms with Crippen molar-refractivity contribution in [3.8, 4) is 11.5 Å². The lowest BCUT2D eigenvalue weighted by Crippen LogP contribution is -2.52. The third kappa shape index (κ3) is 8.97. The zero-order valence-corrected chi connectivity index (χ0v) is 23.1. The minimum absolute atomic E-state index is 0.00365. The number of nitrogens with zero attached hydrogens (tertiary/aromatic N) is 1. The predicted octanol–water partition coefficient (Wildman–Crippen LogP) is 2.96. The number of aliphatic hydroxyl groups excluding tert-OH is 1. The Morgan fingerprint density at radius 2 is 1.87 bits per heavy atom. The molecule has 0 aromatic heterocycles. The first kappa shape index (κ1) is 29.9. The molecule has 0 bridgehead atoms. The molecule has 3 N–H and O–H groups in total.